The van der Waals surface area contributed by atoms with E-state index in [1.807, 2.05) is 6.07 Å². The Morgan fingerprint density at radius 1 is 1.06 bits per heavy atom. The van der Waals surface area contributed by atoms with Crippen LogP contribution in [0.15, 0.2) is 76.1 Å². The third kappa shape index (κ3) is 4.50. The van der Waals surface area contributed by atoms with Crippen molar-refractivity contribution in [3.63, 3.8) is 0 Å². The number of carbonyl (C=O) groups excluding carboxylic acids is 2. The molecule has 13 heteroatoms. The molecule has 12 nitrogen and oxygen atoms in total. The molecule has 0 saturated heterocycles. The van der Waals surface area contributed by atoms with Crippen molar-refractivity contribution in [2.24, 2.45) is 5.73 Å². The van der Waals surface area contributed by atoms with Gasteiger partial charge in [-0.25, -0.2) is 14.4 Å². The Morgan fingerprint density at radius 2 is 1.67 bits per heavy atom. The number of nitrogens with zero attached hydrogens (tertiary/aromatic N) is 2. The number of anilines is 1. The molecule has 3 rings (SSSR count). The molecular formula is C23H19N3O9S. The van der Waals surface area contributed by atoms with Gasteiger partial charge in [-0.3, -0.25) is 9.45 Å². The molecular weight excluding hydrogens is 494 g/mol. The first-order chi connectivity index (χ1) is 17.0. The minimum Gasteiger partial charge on any atom is -0.478 e. The zero-order valence-corrected chi connectivity index (χ0v) is 19.6. The van der Waals surface area contributed by atoms with Crippen molar-refractivity contribution in [2.45, 2.75) is 10.8 Å². The lowest BCUT2D eigenvalue weighted by molar-refractivity contribution is -0.139. The number of benzene rings is 2. The van der Waals surface area contributed by atoms with Gasteiger partial charge < -0.3 is 20.3 Å². The number of esters is 2. The van der Waals surface area contributed by atoms with Crippen molar-refractivity contribution in [1.82, 2.24) is 0 Å². The molecule has 0 fully saturated rings. The van der Waals surface area contributed by atoms with Gasteiger partial charge in [-0.15, -0.1) is 0 Å². The van der Waals surface area contributed by atoms with Crippen LogP contribution in [0.3, 0.4) is 0 Å². The number of carboxylic acid groups (broad SMARTS) is 1. The van der Waals surface area contributed by atoms with E-state index in [0.29, 0.717) is 11.6 Å². The Morgan fingerprint density at radius 3 is 2.17 bits per heavy atom. The van der Waals surface area contributed by atoms with Gasteiger partial charge in [0.2, 0.25) is 0 Å². The van der Waals surface area contributed by atoms with Gasteiger partial charge in [0, 0.05) is 0 Å². The highest BCUT2D eigenvalue weighted by Gasteiger charge is 2.43. The monoisotopic (exact) mass is 513 g/mol. The minimum absolute atomic E-state index is 0.218. The largest absolute Gasteiger partial charge is 0.478 e. The second kappa shape index (κ2) is 9.90. The van der Waals surface area contributed by atoms with Crippen LogP contribution in [0.2, 0.25) is 0 Å². The molecule has 4 N–H and O–H groups in total. The lowest BCUT2D eigenvalue weighted by Crippen LogP contribution is -2.41. The fourth-order valence-electron chi connectivity index (χ4n) is 3.81. The van der Waals surface area contributed by atoms with E-state index in [0.717, 1.165) is 31.3 Å². The molecule has 0 bridgehead atoms. The van der Waals surface area contributed by atoms with Gasteiger partial charge in [-0.05, 0) is 23.8 Å². The molecule has 0 amide bonds. The third-order valence-electron chi connectivity index (χ3n) is 5.35. The molecule has 2 aromatic carbocycles. The Labute approximate surface area is 205 Å². The number of carboxylic acids is 1. The molecule has 0 saturated carbocycles. The second-order valence-electron chi connectivity index (χ2n) is 7.29. The fourth-order valence-corrected chi connectivity index (χ4v) is 4.31. The Balaban J connectivity index is 2.49. The standard InChI is InChI=1S/C23H19N3O9S/c1-34-22(29)18-17(12-6-4-3-5-7-12)15(11-24)20(25)26(19(18)23(30)35-2)16-9-8-13(36(31,32)33)10-14(16)21(27)28/h3-10,17H,25H2,1-2H3,(H,27,28)(H,31,32,33). The van der Waals surface area contributed by atoms with Crippen LogP contribution in [-0.4, -0.2) is 50.2 Å². The first-order valence-electron chi connectivity index (χ1n) is 9.98. The van der Waals surface area contributed by atoms with Crippen LogP contribution in [0.25, 0.3) is 0 Å². The molecule has 186 valence electrons. The molecule has 0 radical (unpaired) electrons. The van der Waals surface area contributed by atoms with Crippen molar-refractivity contribution in [3.05, 3.63) is 82.3 Å². The molecule has 36 heavy (non-hydrogen) atoms. The summed E-state index contributed by atoms with van der Waals surface area (Å²) in [6.07, 6.45) is 0. The fraction of sp³-hybridized carbons (Fsp3) is 0.130. The molecule has 1 atom stereocenters. The summed E-state index contributed by atoms with van der Waals surface area (Å²) in [5.41, 5.74) is 4.48. The summed E-state index contributed by atoms with van der Waals surface area (Å²) in [4.78, 5) is 38.2. The average molecular weight is 513 g/mol. The highest BCUT2D eigenvalue weighted by Crippen LogP contribution is 2.44. The first kappa shape index (κ1) is 25.9. The number of ether oxygens (including phenoxy) is 2. The summed E-state index contributed by atoms with van der Waals surface area (Å²) in [7, 11) is -2.74. The topological polar surface area (TPSA) is 197 Å². The summed E-state index contributed by atoms with van der Waals surface area (Å²) >= 11 is 0. The van der Waals surface area contributed by atoms with E-state index in [4.69, 9.17) is 15.2 Å². The second-order valence-corrected chi connectivity index (χ2v) is 8.72. The molecule has 1 aliphatic rings. The quantitative estimate of drug-likeness (QED) is 0.372. The highest BCUT2D eigenvalue weighted by atomic mass is 32.2. The minimum atomic E-state index is -4.80. The number of methoxy groups -OCH3 is 2. The van der Waals surface area contributed by atoms with Crippen molar-refractivity contribution in [1.29, 1.82) is 5.26 Å². The molecule has 0 aliphatic carbocycles. The van der Waals surface area contributed by atoms with E-state index in [1.54, 1.807) is 30.3 Å². The summed E-state index contributed by atoms with van der Waals surface area (Å²) in [6, 6.07) is 12.5. The van der Waals surface area contributed by atoms with Crippen LogP contribution in [0.1, 0.15) is 21.8 Å². The number of aromatic carboxylic acids is 1. The molecule has 1 heterocycles. The molecule has 2 aromatic rings. The zero-order valence-electron chi connectivity index (χ0n) is 18.8. The van der Waals surface area contributed by atoms with Crippen molar-refractivity contribution in [2.75, 3.05) is 19.1 Å². The number of hydrogen-bond donors (Lipinski definition) is 3. The van der Waals surface area contributed by atoms with Crippen LogP contribution in [0.5, 0.6) is 0 Å². The van der Waals surface area contributed by atoms with Crippen molar-refractivity contribution >= 4 is 33.7 Å². The first-order valence-corrected chi connectivity index (χ1v) is 11.4. The lowest BCUT2D eigenvalue weighted by Gasteiger charge is -2.36. The number of nitriles is 1. The average Bonchev–Trinajstić information content (AvgIpc) is 2.86. The summed E-state index contributed by atoms with van der Waals surface area (Å²) in [6.45, 7) is 0. The van der Waals surface area contributed by atoms with E-state index in [1.165, 1.54) is 0 Å². The van der Waals surface area contributed by atoms with Gasteiger partial charge in [-0.1, -0.05) is 30.3 Å². The smallest absolute Gasteiger partial charge is 0.355 e. The van der Waals surface area contributed by atoms with Gasteiger partial charge in [0.1, 0.15) is 11.5 Å². The van der Waals surface area contributed by atoms with Gasteiger partial charge in [-0.2, -0.15) is 13.7 Å². The third-order valence-corrected chi connectivity index (χ3v) is 6.20. The molecule has 1 aliphatic heterocycles. The van der Waals surface area contributed by atoms with E-state index in [9.17, 15) is 37.7 Å². The molecule has 0 spiro atoms. The van der Waals surface area contributed by atoms with Crippen LogP contribution < -0.4 is 10.6 Å². The Kier molecular flexibility index (Phi) is 7.14. The van der Waals surface area contributed by atoms with E-state index in [-0.39, 0.29) is 16.8 Å². The normalized spacial score (nSPS) is 15.8. The number of hydrogen-bond acceptors (Lipinski definition) is 10. The van der Waals surface area contributed by atoms with E-state index < -0.39 is 55.9 Å². The summed E-state index contributed by atoms with van der Waals surface area (Å²) in [5.74, 6) is -5.40. The Bertz CT molecular complexity index is 1470. The maximum absolute atomic E-state index is 13.0. The van der Waals surface area contributed by atoms with Gasteiger partial charge in [0.05, 0.1) is 53.5 Å². The Hall–Kier alpha value is -4.67. The predicted octanol–water partition coefficient (Wildman–Crippen LogP) is 1.53. The number of rotatable bonds is 6. The number of allylic oxidation sites excluding steroid dienone is 1. The maximum Gasteiger partial charge on any atom is 0.355 e. The van der Waals surface area contributed by atoms with Crippen LogP contribution >= 0.6 is 0 Å². The van der Waals surface area contributed by atoms with Crippen molar-refractivity contribution in [3.8, 4) is 6.07 Å². The lowest BCUT2D eigenvalue weighted by atomic mass is 9.80. The van der Waals surface area contributed by atoms with Gasteiger partial charge in [0.25, 0.3) is 10.1 Å². The number of carbonyl (C=O) groups is 3. The van der Waals surface area contributed by atoms with Crippen LogP contribution in [-0.2, 0) is 29.2 Å². The molecule has 0 aromatic heterocycles. The van der Waals surface area contributed by atoms with Gasteiger partial charge in [0.15, 0.2) is 0 Å². The maximum atomic E-state index is 13.0. The van der Waals surface area contributed by atoms with Crippen LogP contribution in [0, 0.1) is 11.3 Å². The summed E-state index contributed by atoms with van der Waals surface area (Å²) < 4.78 is 42.3. The molecule has 1 unspecified atom stereocenters. The number of nitrogens with two attached hydrogens (primary N) is 1. The van der Waals surface area contributed by atoms with Gasteiger partial charge >= 0.3 is 17.9 Å². The highest BCUT2D eigenvalue weighted by molar-refractivity contribution is 7.85. The van der Waals surface area contributed by atoms with E-state index >= 15 is 0 Å². The van der Waals surface area contributed by atoms with Crippen LogP contribution in [0.4, 0.5) is 5.69 Å². The van der Waals surface area contributed by atoms with Crippen molar-refractivity contribution < 1.29 is 41.9 Å². The summed E-state index contributed by atoms with van der Waals surface area (Å²) in [5, 5.41) is 19.8. The van der Waals surface area contributed by atoms with E-state index in [2.05, 4.69) is 0 Å². The zero-order chi connectivity index (χ0) is 26.8. The SMILES string of the molecule is COC(=O)C1=C(C(=O)OC)N(c2ccc(S(=O)(=O)O)cc2C(=O)O)C(N)=C(C#N)C1c1ccccc1. The predicted molar refractivity (Wildman–Crippen MR) is 123 cm³/mol.